The van der Waals surface area contributed by atoms with E-state index in [-0.39, 0.29) is 36.7 Å². The van der Waals surface area contributed by atoms with Gasteiger partial charge in [-0.3, -0.25) is 14.4 Å². The third-order valence-corrected chi connectivity index (χ3v) is 5.89. The topological polar surface area (TPSA) is 100 Å². The fourth-order valence-electron chi connectivity index (χ4n) is 2.76. The number of carbonyl (C=O) groups excluding carboxylic acids is 3. The third-order valence-electron chi connectivity index (χ3n) is 4.26. The second-order valence-corrected chi connectivity index (χ2v) is 8.42. The van der Waals surface area contributed by atoms with Crippen LogP contribution in [0, 0.1) is 0 Å². The molecule has 3 rings (SSSR count). The van der Waals surface area contributed by atoms with Gasteiger partial charge in [-0.25, -0.2) is 4.98 Å². The van der Waals surface area contributed by atoms with Gasteiger partial charge in [0.05, 0.1) is 16.6 Å². The highest BCUT2D eigenvalue weighted by Gasteiger charge is 2.11. The Labute approximate surface area is 182 Å². The molecule has 7 nitrogen and oxygen atoms in total. The Morgan fingerprint density at radius 1 is 1.10 bits per heavy atom. The SMILES string of the molecule is CC(=O)NC(C)c1ccc(-c2csc(NC(=O)CCNC(=O)c3cccs3)n2)cc1. The molecule has 3 N–H and O–H groups in total. The Balaban J connectivity index is 1.50. The summed E-state index contributed by atoms with van der Waals surface area (Å²) in [6.07, 6.45) is 0.168. The molecule has 1 aromatic carbocycles. The van der Waals surface area contributed by atoms with Crippen LogP contribution in [0.25, 0.3) is 11.3 Å². The first-order valence-corrected chi connectivity index (χ1v) is 11.1. The van der Waals surface area contributed by atoms with Crippen LogP contribution >= 0.6 is 22.7 Å². The van der Waals surface area contributed by atoms with Crippen molar-refractivity contribution >= 4 is 45.5 Å². The largest absolute Gasteiger partial charge is 0.351 e. The van der Waals surface area contributed by atoms with Crippen LogP contribution in [-0.2, 0) is 9.59 Å². The van der Waals surface area contributed by atoms with Crippen molar-refractivity contribution in [3.8, 4) is 11.3 Å². The molecule has 0 aliphatic rings. The first kappa shape index (κ1) is 21.7. The lowest BCUT2D eigenvalue weighted by molar-refractivity contribution is -0.119. The number of rotatable bonds is 8. The zero-order valence-corrected chi connectivity index (χ0v) is 18.2. The molecule has 9 heteroatoms. The monoisotopic (exact) mass is 442 g/mol. The highest BCUT2D eigenvalue weighted by Crippen LogP contribution is 2.26. The van der Waals surface area contributed by atoms with Gasteiger partial charge in [-0.2, -0.15) is 0 Å². The number of thiazole rings is 1. The number of carbonyl (C=O) groups is 3. The lowest BCUT2D eigenvalue weighted by Crippen LogP contribution is -2.27. The van der Waals surface area contributed by atoms with Crippen LogP contribution in [0.15, 0.2) is 47.2 Å². The average Bonchev–Trinajstić information content (AvgIpc) is 3.40. The quantitative estimate of drug-likeness (QED) is 0.494. The maximum Gasteiger partial charge on any atom is 0.261 e. The lowest BCUT2D eigenvalue weighted by atomic mass is 10.1. The minimum atomic E-state index is -0.207. The number of hydrogen-bond donors (Lipinski definition) is 3. The van der Waals surface area contributed by atoms with Crippen molar-refractivity contribution in [2.45, 2.75) is 26.3 Å². The summed E-state index contributed by atoms with van der Waals surface area (Å²) in [6.45, 7) is 3.68. The molecule has 30 heavy (non-hydrogen) atoms. The van der Waals surface area contributed by atoms with Crippen LogP contribution < -0.4 is 16.0 Å². The molecular formula is C21H22N4O3S2. The number of anilines is 1. The summed E-state index contributed by atoms with van der Waals surface area (Å²) in [5.41, 5.74) is 2.69. The summed E-state index contributed by atoms with van der Waals surface area (Å²) >= 11 is 2.70. The normalized spacial score (nSPS) is 11.5. The number of thiophene rings is 1. The molecule has 156 valence electrons. The van der Waals surface area contributed by atoms with Gasteiger partial charge in [0.2, 0.25) is 11.8 Å². The molecule has 0 radical (unpaired) electrons. The van der Waals surface area contributed by atoms with E-state index in [9.17, 15) is 14.4 Å². The molecule has 0 aliphatic heterocycles. The average molecular weight is 443 g/mol. The first-order valence-electron chi connectivity index (χ1n) is 9.37. The Bertz CT molecular complexity index is 1010. The summed E-state index contributed by atoms with van der Waals surface area (Å²) < 4.78 is 0. The van der Waals surface area contributed by atoms with Gasteiger partial charge in [0.1, 0.15) is 0 Å². The Kier molecular flexibility index (Phi) is 7.31. The zero-order chi connectivity index (χ0) is 21.5. The minimum absolute atomic E-state index is 0.0675. The molecule has 0 saturated carbocycles. The van der Waals surface area contributed by atoms with Gasteiger partial charge >= 0.3 is 0 Å². The summed E-state index contributed by atoms with van der Waals surface area (Å²) in [6, 6.07) is 11.3. The molecular weight excluding hydrogens is 420 g/mol. The van der Waals surface area contributed by atoms with Gasteiger partial charge in [0.25, 0.3) is 5.91 Å². The van der Waals surface area contributed by atoms with E-state index in [1.54, 1.807) is 6.07 Å². The van der Waals surface area contributed by atoms with E-state index in [1.165, 1.54) is 29.6 Å². The van der Waals surface area contributed by atoms with E-state index < -0.39 is 0 Å². The van der Waals surface area contributed by atoms with Crippen LogP contribution in [0.3, 0.4) is 0 Å². The second kappa shape index (κ2) is 10.1. The molecule has 3 aromatic rings. The highest BCUT2D eigenvalue weighted by atomic mass is 32.1. The van der Waals surface area contributed by atoms with Gasteiger partial charge in [-0.1, -0.05) is 30.3 Å². The smallest absolute Gasteiger partial charge is 0.261 e. The molecule has 0 saturated heterocycles. The van der Waals surface area contributed by atoms with Crippen LogP contribution in [-0.4, -0.2) is 29.3 Å². The molecule has 2 aromatic heterocycles. The van der Waals surface area contributed by atoms with Crippen LogP contribution in [0.2, 0.25) is 0 Å². The molecule has 0 aliphatic carbocycles. The van der Waals surface area contributed by atoms with Crippen molar-refractivity contribution < 1.29 is 14.4 Å². The first-order chi connectivity index (χ1) is 14.4. The van der Waals surface area contributed by atoms with E-state index in [0.717, 1.165) is 16.8 Å². The van der Waals surface area contributed by atoms with Crippen molar-refractivity contribution in [1.82, 2.24) is 15.6 Å². The standard InChI is InChI=1S/C21H22N4O3S2/c1-13(23-14(2)26)15-5-7-16(8-6-15)17-12-30-21(24-17)25-19(27)9-10-22-20(28)18-4-3-11-29-18/h3-8,11-13H,9-10H2,1-2H3,(H,22,28)(H,23,26)(H,24,25,27). The number of benzene rings is 1. The molecule has 0 spiro atoms. The van der Waals surface area contributed by atoms with E-state index in [1.807, 2.05) is 48.0 Å². The van der Waals surface area contributed by atoms with Gasteiger partial charge < -0.3 is 16.0 Å². The minimum Gasteiger partial charge on any atom is -0.351 e. The Morgan fingerprint density at radius 2 is 1.87 bits per heavy atom. The molecule has 0 fully saturated rings. The van der Waals surface area contributed by atoms with Crippen molar-refractivity contribution in [1.29, 1.82) is 0 Å². The molecule has 2 heterocycles. The van der Waals surface area contributed by atoms with E-state index in [0.29, 0.717) is 10.0 Å². The van der Waals surface area contributed by atoms with Crippen molar-refractivity contribution in [2.24, 2.45) is 0 Å². The van der Waals surface area contributed by atoms with Crippen LogP contribution in [0.1, 0.15) is 41.5 Å². The van der Waals surface area contributed by atoms with Crippen LogP contribution in [0.4, 0.5) is 5.13 Å². The zero-order valence-electron chi connectivity index (χ0n) is 16.6. The summed E-state index contributed by atoms with van der Waals surface area (Å²) in [4.78, 5) is 40.2. The highest BCUT2D eigenvalue weighted by molar-refractivity contribution is 7.14. The predicted octanol–water partition coefficient (Wildman–Crippen LogP) is 3.83. The maximum atomic E-state index is 12.1. The second-order valence-electron chi connectivity index (χ2n) is 6.61. The van der Waals surface area contributed by atoms with Gasteiger partial charge in [-0.15, -0.1) is 22.7 Å². The number of nitrogens with zero attached hydrogens (tertiary/aromatic N) is 1. The lowest BCUT2D eigenvalue weighted by Gasteiger charge is -2.13. The van der Waals surface area contributed by atoms with Crippen molar-refractivity contribution in [3.05, 3.63) is 57.6 Å². The van der Waals surface area contributed by atoms with Gasteiger partial charge in [0.15, 0.2) is 5.13 Å². The van der Waals surface area contributed by atoms with E-state index in [2.05, 4.69) is 20.9 Å². The number of amides is 3. The molecule has 0 bridgehead atoms. The maximum absolute atomic E-state index is 12.1. The van der Waals surface area contributed by atoms with Crippen molar-refractivity contribution in [2.75, 3.05) is 11.9 Å². The predicted molar refractivity (Wildman–Crippen MR) is 120 cm³/mol. The number of hydrogen-bond acceptors (Lipinski definition) is 6. The van der Waals surface area contributed by atoms with Gasteiger partial charge in [-0.05, 0) is 23.9 Å². The van der Waals surface area contributed by atoms with Crippen LogP contribution in [0.5, 0.6) is 0 Å². The number of nitrogens with one attached hydrogen (secondary N) is 3. The molecule has 1 atom stereocenters. The van der Waals surface area contributed by atoms with E-state index >= 15 is 0 Å². The third kappa shape index (κ3) is 5.98. The summed E-state index contributed by atoms with van der Waals surface area (Å²) in [5.74, 6) is -0.454. The molecule has 1 unspecified atom stereocenters. The Hall–Kier alpha value is -3.04. The van der Waals surface area contributed by atoms with Gasteiger partial charge in [0, 0.05) is 30.8 Å². The van der Waals surface area contributed by atoms with E-state index in [4.69, 9.17) is 0 Å². The summed E-state index contributed by atoms with van der Waals surface area (Å²) in [7, 11) is 0. The fourth-order valence-corrected chi connectivity index (χ4v) is 4.14. The number of aromatic nitrogens is 1. The van der Waals surface area contributed by atoms with Crippen molar-refractivity contribution in [3.63, 3.8) is 0 Å². The molecule has 3 amide bonds. The Morgan fingerprint density at radius 3 is 2.53 bits per heavy atom. The summed E-state index contributed by atoms with van der Waals surface area (Å²) in [5, 5.41) is 12.6. The fraction of sp³-hybridized carbons (Fsp3) is 0.238.